The van der Waals surface area contributed by atoms with Crippen LogP contribution in [0.4, 0.5) is 16.4 Å². The zero-order valence-electron chi connectivity index (χ0n) is 25.3. The number of nitrogens with one attached hydrogen (secondary N) is 1. The van der Waals surface area contributed by atoms with E-state index >= 15 is 0 Å². The van der Waals surface area contributed by atoms with Crippen molar-refractivity contribution < 1.29 is 19.1 Å². The van der Waals surface area contributed by atoms with Gasteiger partial charge in [0.05, 0.1) is 6.61 Å². The molecule has 228 valence electrons. The smallest absolute Gasteiger partial charge is 0.410 e. The van der Waals surface area contributed by atoms with Crippen molar-refractivity contribution in [2.24, 2.45) is 0 Å². The Morgan fingerprint density at radius 2 is 1.40 bits per heavy atom. The van der Waals surface area contributed by atoms with E-state index < -0.39 is 5.60 Å². The van der Waals surface area contributed by atoms with E-state index in [0.29, 0.717) is 43.2 Å². The molecule has 0 spiro atoms. The van der Waals surface area contributed by atoms with Crippen LogP contribution in [0.1, 0.15) is 83.3 Å². The largest absolute Gasteiger partial charge is 0.466 e. The maximum Gasteiger partial charge on any atom is 0.410 e. The fourth-order valence-electron chi connectivity index (χ4n) is 4.49. The lowest BCUT2D eigenvalue weighted by molar-refractivity contribution is -0.140. The number of aromatic nitrogens is 2. The maximum absolute atomic E-state index is 12.0. The average molecular weight is 599 g/mol. The Morgan fingerprint density at radius 1 is 0.929 bits per heavy atom. The highest BCUT2D eigenvalue weighted by atomic mass is 35.5. The SMILES string of the molecule is CCOC(C)=O.Cl.[C-]#[N+]c1ccc(C2CCN(C(=O)OC(C)(C)C)CC2)cn1.[C-]#[N+]c1ccc(C2CCNCC2)cn1. The second-order valence-corrected chi connectivity index (χ2v) is 10.8. The summed E-state index contributed by atoms with van der Waals surface area (Å²) in [6, 6.07) is 7.57. The molecule has 2 aromatic rings. The predicted octanol–water partition coefficient (Wildman–Crippen LogP) is 6.84. The molecule has 2 aliphatic rings. The molecule has 42 heavy (non-hydrogen) atoms. The van der Waals surface area contributed by atoms with Gasteiger partial charge in [0.25, 0.3) is 11.6 Å². The summed E-state index contributed by atoms with van der Waals surface area (Å²) >= 11 is 0. The third-order valence-electron chi connectivity index (χ3n) is 6.55. The highest BCUT2D eigenvalue weighted by molar-refractivity contribution is 5.85. The summed E-state index contributed by atoms with van der Waals surface area (Å²) in [6.45, 7) is 26.6. The topological polar surface area (TPSA) is 102 Å². The Hall–Kier alpha value is -3.73. The van der Waals surface area contributed by atoms with Crippen molar-refractivity contribution in [3.63, 3.8) is 0 Å². The van der Waals surface area contributed by atoms with Gasteiger partial charge in [-0.15, -0.1) is 22.4 Å². The average Bonchev–Trinajstić information content (AvgIpc) is 2.97. The van der Waals surface area contributed by atoms with Crippen LogP contribution in [0.2, 0.25) is 0 Å². The molecule has 0 saturated carbocycles. The first-order chi connectivity index (χ1) is 19.6. The second kappa shape index (κ2) is 18.7. The van der Waals surface area contributed by atoms with Crippen molar-refractivity contribution in [1.29, 1.82) is 0 Å². The van der Waals surface area contributed by atoms with Crippen molar-refractivity contribution >= 4 is 36.1 Å². The van der Waals surface area contributed by atoms with E-state index in [2.05, 4.69) is 29.7 Å². The lowest BCUT2D eigenvalue weighted by atomic mass is 9.91. The number of carbonyl (C=O) groups excluding carboxylic acids is 2. The predicted molar refractivity (Wildman–Crippen MR) is 165 cm³/mol. The first-order valence-electron chi connectivity index (χ1n) is 14.0. The van der Waals surface area contributed by atoms with E-state index in [0.717, 1.165) is 31.5 Å². The Labute approximate surface area is 256 Å². The van der Waals surface area contributed by atoms with Crippen molar-refractivity contribution in [1.82, 2.24) is 20.2 Å². The molecule has 2 fully saturated rings. The normalized spacial score (nSPS) is 15.2. The molecule has 11 heteroatoms. The number of nitrogens with zero attached hydrogens (tertiary/aromatic N) is 5. The summed E-state index contributed by atoms with van der Waals surface area (Å²) in [5.41, 5.74) is 1.97. The van der Waals surface area contributed by atoms with Crippen LogP contribution in [0.5, 0.6) is 0 Å². The summed E-state index contributed by atoms with van der Waals surface area (Å²) in [4.78, 5) is 38.4. The molecule has 0 atom stereocenters. The Kier molecular flexibility index (Phi) is 16.1. The standard InChI is InChI=1S/C16H21N3O2.C11H13N3.C4H8O2.ClH/c1-16(2,3)21-15(20)19-9-7-12(8-10-19)13-5-6-14(17-4)18-11-13;1-12-11-3-2-10(8-14-11)9-4-6-13-7-5-9;1-3-6-4(2)5;/h5-6,11-12H,7-10H2,1-3H3;2-3,8-9,13H,4-7H2;3H2,1-2H3;1H. The molecule has 2 saturated heterocycles. The zero-order valence-corrected chi connectivity index (χ0v) is 26.1. The molecule has 0 unspecified atom stereocenters. The van der Waals surface area contributed by atoms with E-state index in [1.54, 1.807) is 24.1 Å². The van der Waals surface area contributed by atoms with E-state index in [-0.39, 0.29) is 24.5 Å². The van der Waals surface area contributed by atoms with Gasteiger partial charge in [-0.2, -0.15) is 0 Å². The number of hydrogen-bond acceptors (Lipinski definition) is 7. The minimum atomic E-state index is -0.451. The molecular weight excluding hydrogens is 556 g/mol. The molecule has 0 radical (unpaired) electrons. The van der Waals surface area contributed by atoms with Gasteiger partial charge in [0.15, 0.2) is 0 Å². The molecule has 0 bridgehead atoms. The van der Waals surface area contributed by atoms with Gasteiger partial charge in [0.1, 0.15) is 18.0 Å². The summed E-state index contributed by atoms with van der Waals surface area (Å²) < 4.78 is 9.79. The number of ether oxygens (including phenoxy) is 2. The van der Waals surface area contributed by atoms with Crippen LogP contribution < -0.4 is 5.32 Å². The first kappa shape index (κ1) is 36.3. The van der Waals surface area contributed by atoms with Crippen LogP contribution in [0.3, 0.4) is 0 Å². The lowest BCUT2D eigenvalue weighted by Crippen LogP contribution is -2.41. The summed E-state index contributed by atoms with van der Waals surface area (Å²) in [5, 5.41) is 3.34. The van der Waals surface area contributed by atoms with Crippen LogP contribution in [-0.4, -0.2) is 65.3 Å². The first-order valence-corrected chi connectivity index (χ1v) is 14.0. The Bertz CT molecular complexity index is 1170. The number of halogens is 1. The third-order valence-corrected chi connectivity index (χ3v) is 6.55. The van der Waals surface area contributed by atoms with Crippen LogP contribution >= 0.6 is 12.4 Å². The molecular formula is C31H43ClN6O4. The number of carbonyl (C=O) groups is 2. The van der Waals surface area contributed by atoms with Gasteiger partial charge >= 0.3 is 12.1 Å². The van der Waals surface area contributed by atoms with Crippen molar-refractivity contribution in [2.75, 3.05) is 32.8 Å². The van der Waals surface area contributed by atoms with Crippen LogP contribution in [0.15, 0.2) is 36.7 Å². The van der Waals surface area contributed by atoms with E-state index in [4.69, 9.17) is 17.9 Å². The van der Waals surface area contributed by atoms with Gasteiger partial charge in [-0.3, -0.25) is 4.79 Å². The number of likely N-dealkylation sites (tertiary alicyclic amines) is 1. The third kappa shape index (κ3) is 13.3. The molecule has 0 aliphatic carbocycles. The quantitative estimate of drug-likeness (QED) is 0.305. The summed E-state index contributed by atoms with van der Waals surface area (Å²) in [7, 11) is 0. The molecule has 4 heterocycles. The summed E-state index contributed by atoms with van der Waals surface area (Å²) in [5.74, 6) is 1.73. The van der Waals surface area contributed by atoms with Gasteiger partial charge < -0.3 is 29.4 Å². The molecule has 10 nitrogen and oxygen atoms in total. The number of pyridine rings is 2. The fraction of sp³-hybridized carbons (Fsp3) is 0.548. The van der Waals surface area contributed by atoms with Gasteiger partial charge in [0, 0.05) is 20.0 Å². The molecule has 1 N–H and O–H groups in total. The Balaban J connectivity index is 0.000000362. The fourth-order valence-corrected chi connectivity index (χ4v) is 4.49. The number of hydrogen-bond donors (Lipinski definition) is 1. The molecule has 1 amide bonds. The summed E-state index contributed by atoms with van der Waals surface area (Å²) in [6.07, 6.45) is 7.56. The van der Waals surface area contributed by atoms with Crippen molar-refractivity contribution in [2.45, 2.75) is 77.7 Å². The number of amides is 1. The van der Waals surface area contributed by atoms with Crippen molar-refractivity contribution in [3.8, 4) is 0 Å². The van der Waals surface area contributed by atoms with Crippen LogP contribution in [0.25, 0.3) is 9.69 Å². The second-order valence-electron chi connectivity index (χ2n) is 10.8. The maximum atomic E-state index is 12.0. The number of piperidine rings is 2. The van der Waals surface area contributed by atoms with E-state index in [1.807, 2.05) is 45.2 Å². The molecule has 4 rings (SSSR count). The molecule has 2 aromatic heterocycles. The highest BCUT2D eigenvalue weighted by Crippen LogP contribution is 2.29. The monoisotopic (exact) mass is 598 g/mol. The van der Waals surface area contributed by atoms with Crippen LogP contribution in [-0.2, 0) is 14.3 Å². The highest BCUT2D eigenvalue weighted by Gasteiger charge is 2.27. The van der Waals surface area contributed by atoms with Gasteiger partial charge in [-0.25, -0.2) is 4.79 Å². The van der Waals surface area contributed by atoms with Gasteiger partial charge in [-0.1, -0.05) is 25.3 Å². The number of esters is 1. The Morgan fingerprint density at radius 3 is 1.74 bits per heavy atom. The minimum Gasteiger partial charge on any atom is -0.466 e. The zero-order chi connectivity index (χ0) is 30.3. The molecule has 0 aromatic carbocycles. The number of rotatable bonds is 3. The van der Waals surface area contributed by atoms with Gasteiger partial charge in [0.2, 0.25) is 0 Å². The van der Waals surface area contributed by atoms with Crippen LogP contribution in [0, 0.1) is 13.1 Å². The lowest BCUT2D eigenvalue weighted by Gasteiger charge is -2.33. The van der Waals surface area contributed by atoms with E-state index in [9.17, 15) is 9.59 Å². The van der Waals surface area contributed by atoms with Gasteiger partial charge in [-0.05, 0) is 102 Å². The van der Waals surface area contributed by atoms with Crippen molar-refractivity contribution in [3.05, 3.63) is 70.6 Å². The van der Waals surface area contributed by atoms with E-state index in [1.165, 1.54) is 25.3 Å². The molecule has 2 aliphatic heterocycles. The minimum absolute atomic E-state index is 0.